The van der Waals surface area contributed by atoms with Crippen LogP contribution < -0.4 is 0 Å². The highest BCUT2D eigenvalue weighted by Gasteiger charge is 2.27. The molecule has 0 radical (unpaired) electrons. The summed E-state index contributed by atoms with van der Waals surface area (Å²) in [6.07, 6.45) is 10.7. The first-order valence-electron chi connectivity index (χ1n) is 13.8. The monoisotopic (exact) mass is 524 g/mol. The molecule has 0 amide bonds. The molecule has 1 aliphatic rings. The lowest BCUT2D eigenvalue weighted by Crippen LogP contribution is -2.21. The maximum atomic E-state index is 15.2. The molecule has 0 saturated carbocycles. The molecule has 5 heteroatoms. The van der Waals surface area contributed by atoms with E-state index in [2.05, 4.69) is 6.92 Å². The summed E-state index contributed by atoms with van der Waals surface area (Å²) >= 11 is 0. The maximum absolute atomic E-state index is 15.2. The summed E-state index contributed by atoms with van der Waals surface area (Å²) in [5, 5.41) is 0. The van der Waals surface area contributed by atoms with Crippen LogP contribution in [-0.4, -0.2) is 6.61 Å². The van der Waals surface area contributed by atoms with E-state index in [9.17, 15) is 8.78 Å². The Labute approximate surface area is 223 Å². The Kier molecular flexibility index (Phi) is 9.79. The molecule has 202 valence electrons. The van der Waals surface area contributed by atoms with Crippen molar-refractivity contribution in [2.45, 2.75) is 71.3 Å². The van der Waals surface area contributed by atoms with E-state index >= 15 is 8.78 Å². The van der Waals surface area contributed by atoms with Gasteiger partial charge in [0.1, 0.15) is 0 Å². The zero-order valence-corrected chi connectivity index (χ0v) is 22.2. The zero-order chi connectivity index (χ0) is 27.1. The fourth-order valence-electron chi connectivity index (χ4n) is 5.17. The van der Waals surface area contributed by atoms with E-state index in [0.717, 1.165) is 19.3 Å². The van der Waals surface area contributed by atoms with Crippen LogP contribution in [0.5, 0.6) is 0 Å². The molecule has 1 heterocycles. The lowest BCUT2D eigenvalue weighted by atomic mass is 9.90. The molecule has 3 aromatic carbocycles. The molecule has 1 nitrogen and oxygen atoms in total. The number of allylic oxidation sites excluding steroid dienone is 2. The molecule has 0 bridgehead atoms. The van der Waals surface area contributed by atoms with Crippen LogP contribution >= 0.6 is 0 Å². The second kappa shape index (κ2) is 13.2. The Hall–Kier alpha value is -2.92. The van der Waals surface area contributed by atoms with E-state index in [-0.39, 0.29) is 16.7 Å². The van der Waals surface area contributed by atoms with Gasteiger partial charge in [0.25, 0.3) is 0 Å². The van der Waals surface area contributed by atoms with Gasteiger partial charge >= 0.3 is 0 Å². The van der Waals surface area contributed by atoms with Crippen molar-refractivity contribution in [3.63, 3.8) is 0 Å². The summed E-state index contributed by atoms with van der Waals surface area (Å²) in [7, 11) is 0. The van der Waals surface area contributed by atoms with Crippen molar-refractivity contribution in [2.75, 3.05) is 6.61 Å². The van der Waals surface area contributed by atoms with Gasteiger partial charge in [0.05, 0.1) is 12.7 Å². The third-order valence-electron chi connectivity index (χ3n) is 7.45. The van der Waals surface area contributed by atoms with Crippen molar-refractivity contribution < 1.29 is 22.3 Å². The highest BCUT2D eigenvalue weighted by atomic mass is 19.2. The molecule has 1 fully saturated rings. The van der Waals surface area contributed by atoms with Crippen LogP contribution in [0.4, 0.5) is 17.6 Å². The van der Waals surface area contributed by atoms with E-state index in [0.29, 0.717) is 42.1 Å². The molecule has 1 aliphatic heterocycles. The van der Waals surface area contributed by atoms with Gasteiger partial charge < -0.3 is 4.74 Å². The Morgan fingerprint density at radius 3 is 2.00 bits per heavy atom. The van der Waals surface area contributed by atoms with E-state index in [1.165, 1.54) is 19.3 Å². The molecular formula is C33H36F4O. The van der Waals surface area contributed by atoms with Gasteiger partial charge in [0.15, 0.2) is 23.3 Å². The van der Waals surface area contributed by atoms with Crippen LogP contribution in [0.3, 0.4) is 0 Å². The summed E-state index contributed by atoms with van der Waals surface area (Å²) in [6, 6.07) is 12.7. The predicted molar refractivity (Wildman–Crippen MR) is 146 cm³/mol. The molecule has 0 aliphatic carbocycles. The largest absolute Gasteiger partial charge is 0.373 e. The topological polar surface area (TPSA) is 9.23 Å². The van der Waals surface area contributed by atoms with Crippen molar-refractivity contribution in [3.8, 4) is 22.3 Å². The number of hydrogen-bond acceptors (Lipinski definition) is 1. The van der Waals surface area contributed by atoms with Crippen LogP contribution in [0.25, 0.3) is 22.3 Å². The molecule has 0 N–H and O–H groups in total. The summed E-state index contributed by atoms with van der Waals surface area (Å²) in [6.45, 7) is 4.73. The molecule has 4 rings (SSSR count). The van der Waals surface area contributed by atoms with Crippen molar-refractivity contribution in [2.24, 2.45) is 5.92 Å². The van der Waals surface area contributed by atoms with Crippen LogP contribution in [0.15, 0.2) is 60.7 Å². The first-order chi connectivity index (χ1) is 18.4. The number of ether oxygens (including phenoxy) is 1. The van der Waals surface area contributed by atoms with Crippen molar-refractivity contribution >= 4 is 0 Å². The van der Waals surface area contributed by atoms with Crippen molar-refractivity contribution in [3.05, 3.63) is 95.1 Å². The minimum Gasteiger partial charge on any atom is -0.373 e. The molecule has 2 unspecified atom stereocenters. The highest BCUT2D eigenvalue weighted by Crippen LogP contribution is 2.37. The molecule has 2 atom stereocenters. The van der Waals surface area contributed by atoms with Gasteiger partial charge in [-0.15, -0.1) is 0 Å². The molecule has 1 saturated heterocycles. The lowest BCUT2D eigenvalue weighted by Gasteiger charge is -2.29. The molecule has 0 spiro atoms. The number of rotatable bonds is 10. The normalized spacial score (nSPS) is 17.8. The van der Waals surface area contributed by atoms with E-state index in [4.69, 9.17) is 4.74 Å². The molecular weight excluding hydrogens is 488 g/mol. The highest BCUT2D eigenvalue weighted by molar-refractivity contribution is 5.71. The SMILES string of the molecule is CC/C=C\Cc1ccc(-c2ccc(-c3ccc(C4CCC(CCCCC)CO4)c(F)c3F)cc2)c(F)c1F. The van der Waals surface area contributed by atoms with E-state index in [1.807, 2.05) is 19.1 Å². The fourth-order valence-corrected chi connectivity index (χ4v) is 5.17. The summed E-state index contributed by atoms with van der Waals surface area (Å²) in [4.78, 5) is 0. The maximum Gasteiger partial charge on any atom is 0.167 e. The number of hydrogen-bond donors (Lipinski definition) is 0. The Bertz CT molecular complexity index is 1240. The fraction of sp³-hybridized carbons (Fsp3) is 0.394. The van der Waals surface area contributed by atoms with Crippen molar-refractivity contribution in [1.82, 2.24) is 0 Å². The number of unbranched alkanes of at least 4 members (excludes halogenated alkanes) is 2. The first kappa shape index (κ1) is 28.1. The molecule has 3 aromatic rings. The van der Waals surface area contributed by atoms with Crippen molar-refractivity contribution in [1.29, 1.82) is 0 Å². The van der Waals surface area contributed by atoms with E-state index in [1.54, 1.807) is 48.5 Å². The number of benzene rings is 3. The average molecular weight is 525 g/mol. The summed E-state index contributed by atoms with van der Waals surface area (Å²) in [5.74, 6) is -3.11. The number of halogens is 4. The van der Waals surface area contributed by atoms with E-state index < -0.39 is 29.4 Å². The smallest absolute Gasteiger partial charge is 0.167 e. The first-order valence-corrected chi connectivity index (χ1v) is 13.8. The Morgan fingerprint density at radius 1 is 0.737 bits per heavy atom. The van der Waals surface area contributed by atoms with Gasteiger partial charge in [0, 0.05) is 16.7 Å². The zero-order valence-electron chi connectivity index (χ0n) is 22.2. The van der Waals surface area contributed by atoms with Gasteiger partial charge in [-0.2, -0.15) is 0 Å². The van der Waals surface area contributed by atoms with Crippen LogP contribution in [0.2, 0.25) is 0 Å². The Morgan fingerprint density at radius 2 is 1.39 bits per heavy atom. The Balaban J connectivity index is 1.48. The van der Waals surface area contributed by atoms with Gasteiger partial charge in [-0.3, -0.25) is 0 Å². The lowest BCUT2D eigenvalue weighted by molar-refractivity contribution is -0.0218. The molecule has 0 aromatic heterocycles. The second-order valence-corrected chi connectivity index (χ2v) is 10.2. The molecule has 38 heavy (non-hydrogen) atoms. The predicted octanol–water partition coefficient (Wildman–Crippen LogP) is 10.1. The van der Waals surface area contributed by atoms with Crippen LogP contribution in [0.1, 0.15) is 76.0 Å². The van der Waals surface area contributed by atoms with Gasteiger partial charge in [-0.05, 0) is 54.7 Å². The quantitative estimate of drug-likeness (QED) is 0.146. The standard InChI is InChI=1S/C33H36F4O/c1-3-5-7-9-22-11-20-29(38-21-22)28-19-18-27(32(36)33(28)37)24-14-12-23(13-15-24)26-17-16-25(10-8-6-4-2)30(34)31(26)35/h6,8,12-19,22,29H,3-5,7,9-11,20-21H2,1-2H3/b8-6-. The minimum atomic E-state index is -0.925. The van der Waals surface area contributed by atoms with Crippen LogP contribution in [0, 0.1) is 29.2 Å². The summed E-state index contributed by atoms with van der Waals surface area (Å²) < 4.78 is 65.6. The summed E-state index contributed by atoms with van der Waals surface area (Å²) in [5.41, 5.74) is 1.71. The minimum absolute atomic E-state index is 0.121. The third-order valence-corrected chi connectivity index (χ3v) is 7.45. The van der Waals surface area contributed by atoms with Gasteiger partial charge in [-0.25, -0.2) is 17.6 Å². The van der Waals surface area contributed by atoms with Gasteiger partial charge in [0.2, 0.25) is 0 Å². The van der Waals surface area contributed by atoms with Crippen LogP contribution in [-0.2, 0) is 11.2 Å². The average Bonchev–Trinajstić information content (AvgIpc) is 2.94. The van der Waals surface area contributed by atoms with Gasteiger partial charge in [-0.1, -0.05) is 93.8 Å². The third kappa shape index (κ3) is 6.37. The second-order valence-electron chi connectivity index (χ2n) is 10.2.